The highest BCUT2D eigenvalue weighted by atomic mass is 19.1. The van der Waals surface area contributed by atoms with Gasteiger partial charge in [0.25, 0.3) is 0 Å². The first-order chi connectivity index (χ1) is 8.09. The molecule has 4 heteroatoms. The van der Waals surface area contributed by atoms with Crippen LogP contribution in [0.3, 0.4) is 0 Å². The number of rotatable bonds is 2. The predicted octanol–water partition coefficient (Wildman–Crippen LogP) is 3.15. The topological polar surface area (TPSA) is 26.0 Å². The van der Waals surface area contributed by atoms with E-state index in [2.05, 4.69) is 0 Å². The van der Waals surface area contributed by atoms with Crippen LogP contribution in [0.5, 0.6) is 0 Å². The van der Waals surface area contributed by atoms with Crippen LogP contribution in [0, 0.1) is 17.5 Å². The van der Waals surface area contributed by atoms with Crippen LogP contribution in [0.1, 0.15) is 17.2 Å². The lowest BCUT2D eigenvalue weighted by molar-refractivity contribution is 0.543. The summed E-state index contributed by atoms with van der Waals surface area (Å²) in [4.78, 5) is 0. The molecule has 0 aliphatic carbocycles. The summed E-state index contributed by atoms with van der Waals surface area (Å²) in [7, 11) is 0. The zero-order valence-corrected chi connectivity index (χ0v) is 8.83. The zero-order valence-electron chi connectivity index (χ0n) is 8.83. The molecule has 2 rings (SSSR count). The minimum atomic E-state index is -0.947. The van der Waals surface area contributed by atoms with E-state index >= 15 is 0 Å². The third-order valence-corrected chi connectivity index (χ3v) is 2.54. The van der Waals surface area contributed by atoms with Gasteiger partial charge in [-0.25, -0.2) is 13.2 Å². The number of halogens is 3. The van der Waals surface area contributed by atoms with Crippen molar-refractivity contribution >= 4 is 0 Å². The van der Waals surface area contributed by atoms with E-state index in [-0.39, 0.29) is 5.56 Å². The summed E-state index contributed by atoms with van der Waals surface area (Å²) < 4.78 is 39.7. The quantitative estimate of drug-likeness (QED) is 0.853. The fraction of sp³-hybridized carbons (Fsp3) is 0.0769. The van der Waals surface area contributed by atoms with Gasteiger partial charge in [0.15, 0.2) is 0 Å². The SMILES string of the molecule is NC(c1ccc(F)cc1)c1c(F)cccc1F. The molecule has 0 aliphatic heterocycles. The molecule has 2 aromatic rings. The van der Waals surface area contributed by atoms with Crippen LogP contribution in [0.2, 0.25) is 0 Å². The predicted molar refractivity (Wildman–Crippen MR) is 58.8 cm³/mol. The van der Waals surface area contributed by atoms with Crippen molar-refractivity contribution in [1.82, 2.24) is 0 Å². The highest BCUT2D eigenvalue weighted by Crippen LogP contribution is 2.24. The number of nitrogens with two attached hydrogens (primary N) is 1. The first-order valence-corrected chi connectivity index (χ1v) is 5.04. The summed E-state index contributed by atoms with van der Waals surface area (Å²) in [6.45, 7) is 0. The van der Waals surface area contributed by atoms with Gasteiger partial charge in [-0.05, 0) is 29.8 Å². The molecule has 1 atom stereocenters. The first kappa shape index (κ1) is 11.7. The Morgan fingerprint density at radius 3 is 1.88 bits per heavy atom. The van der Waals surface area contributed by atoms with Gasteiger partial charge in [-0.15, -0.1) is 0 Å². The van der Waals surface area contributed by atoms with E-state index < -0.39 is 23.5 Å². The van der Waals surface area contributed by atoms with E-state index in [4.69, 9.17) is 5.73 Å². The minimum absolute atomic E-state index is 0.209. The highest BCUT2D eigenvalue weighted by Gasteiger charge is 2.17. The van der Waals surface area contributed by atoms with Crippen LogP contribution in [0.25, 0.3) is 0 Å². The molecule has 0 spiro atoms. The lowest BCUT2D eigenvalue weighted by Crippen LogP contribution is -2.15. The highest BCUT2D eigenvalue weighted by molar-refractivity contribution is 5.33. The molecule has 88 valence electrons. The van der Waals surface area contributed by atoms with Crippen molar-refractivity contribution in [3.8, 4) is 0 Å². The van der Waals surface area contributed by atoms with Gasteiger partial charge in [0.1, 0.15) is 17.5 Å². The smallest absolute Gasteiger partial charge is 0.131 e. The standard InChI is InChI=1S/C13H10F3N/c14-9-6-4-8(5-7-9)13(17)12-10(15)2-1-3-11(12)16/h1-7,13H,17H2. The van der Waals surface area contributed by atoms with Gasteiger partial charge in [-0.3, -0.25) is 0 Å². The van der Waals surface area contributed by atoms with Gasteiger partial charge < -0.3 is 5.73 Å². The molecule has 0 aromatic heterocycles. The molecular weight excluding hydrogens is 227 g/mol. The van der Waals surface area contributed by atoms with Crippen LogP contribution in [-0.2, 0) is 0 Å². The van der Waals surface area contributed by atoms with Crippen molar-refractivity contribution in [2.24, 2.45) is 5.73 Å². The van der Waals surface area contributed by atoms with Crippen LogP contribution in [0.15, 0.2) is 42.5 Å². The fourth-order valence-electron chi connectivity index (χ4n) is 1.64. The Morgan fingerprint density at radius 2 is 1.35 bits per heavy atom. The normalized spacial score (nSPS) is 12.5. The Balaban J connectivity index is 2.43. The van der Waals surface area contributed by atoms with E-state index in [1.165, 1.54) is 30.3 Å². The number of benzene rings is 2. The van der Waals surface area contributed by atoms with Gasteiger partial charge in [0.2, 0.25) is 0 Å². The Labute approximate surface area is 96.7 Å². The zero-order chi connectivity index (χ0) is 12.4. The van der Waals surface area contributed by atoms with Crippen LogP contribution in [0.4, 0.5) is 13.2 Å². The number of hydrogen-bond acceptors (Lipinski definition) is 1. The summed E-state index contributed by atoms with van der Waals surface area (Å²) in [6, 6.07) is 7.83. The maximum absolute atomic E-state index is 13.5. The Kier molecular flexibility index (Phi) is 3.15. The molecule has 0 saturated carbocycles. The van der Waals surface area contributed by atoms with Crippen molar-refractivity contribution in [1.29, 1.82) is 0 Å². The maximum atomic E-state index is 13.5. The molecule has 0 saturated heterocycles. The number of hydrogen-bond donors (Lipinski definition) is 1. The summed E-state index contributed by atoms with van der Waals surface area (Å²) in [5, 5.41) is 0. The summed E-state index contributed by atoms with van der Waals surface area (Å²) in [6.07, 6.45) is 0. The van der Waals surface area contributed by atoms with Gasteiger partial charge in [0.05, 0.1) is 6.04 Å². The molecule has 1 nitrogen and oxygen atoms in total. The molecule has 0 radical (unpaired) electrons. The lowest BCUT2D eigenvalue weighted by atomic mass is 9.98. The average molecular weight is 237 g/mol. The largest absolute Gasteiger partial charge is 0.320 e. The van der Waals surface area contributed by atoms with Gasteiger partial charge in [-0.1, -0.05) is 18.2 Å². The Morgan fingerprint density at radius 1 is 0.824 bits per heavy atom. The average Bonchev–Trinajstić information content (AvgIpc) is 2.29. The molecule has 1 unspecified atom stereocenters. The van der Waals surface area contributed by atoms with E-state index in [0.717, 1.165) is 12.1 Å². The van der Waals surface area contributed by atoms with Gasteiger partial charge in [-0.2, -0.15) is 0 Å². The second-order valence-corrected chi connectivity index (χ2v) is 3.66. The summed E-state index contributed by atoms with van der Waals surface area (Å²) in [5.74, 6) is -1.83. The van der Waals surface area contributed by atoms with Gasteiger partial charge >= 0.3 is 0 Å². The van der Waals surface area contributed by atoms with Crippen LogP contribution < -0.4 is 5.73 Å². The molecule has 2 N–H and O–H groups in total. The van der Waals surface area contributed by atoms with E-state index in [1.807, 2.05) is 0 Å². The van der Waals surface area contributed by atoms with E-state index in [9.17, 15) is 13.2 Å². The van der Waals surface area contributed by atoms with E-state index in [0.29, 0.717) is 5.56 Å². The monoisotopic (exact) mass is 237 g/mol. The lowest BCUT2D eigenvalue weighted by Gasteiger charge is -2.14. The summed E-state index contributed by atoms with van der Waals surface area (Å²) >= 11 is 0. The van der Waals surface area contributed by atoms with Gasteiger partial charge in [0, 0.05) is 5.56 Å². The van der Waals surface area contributed by atoms with Crippen molar-refractivity contribution in [3.05, 3.63) is 71.0 Å². The van der Waals surface area contributed by atoms with Crippen LogP contribution in [-0.4, -0.2) is 0 Å². The molecule has 0 aliphatic rings. The molecule has 2 aromatic carbocycles. The third-order valence-electron chi connectivity index (χ3n) is 2.54. The molecule has 0 amide bonds. The van der Waals surface area contributed by atoms with Crippen molar-refractivity contribution in [3.63, 3.8) is 0 Å². The maximum Gasteiger partial charge on any atom is 0.131 e. The first-order valence-electron chi connectivity index (χ1n) is 5.04. The van der Waals surface area contributed by atoms with Crippen LogP contribution >= 0.6 is 0 Å². The van der Waals surface area contributed by atoms with Crippen molar-refractivity contribution < 1.29 is 13.2 Å². The van der Waals surface area contributed by atoms with Crippen molar-refractivity contribution in [2.45, 2.75) is 6.04 Å². The van der Waals surface area contributed by atoms with E-state index in [1.54, 1.807) is 0 Å². The Bertz CT molecular complexity index is 502. The molecule has 0 bridgehead atoms. The molecule has 0 heterocycles. The third kappa shape index (κ3) is 2.31. The van der Waals surface area contributed by atoms with Crippen molar-refractivity contribution in [2.75, 3.05) is 0 Å². The second kappa shape index (κ2) is 4.59. The minimum Gasteiger partial charge on any atom is -0.320 e. The molecular formula is C13H10F3N. The summed E-state index contributed by atoms with van der Waals surface area (Å²) in [5.41, 5.74) is 6.01. The molecule has 0 fully saturated rings. The second-order valence-electron chi connectivity index (χ2n) is 3.66. The fourth-order valence-corrected chi connectivity index (χ4v) is 1.64. The molecule has 17 heavy (non-hydrogen) atoms. The Hall–Kier alpha value is -1.81.